The minimum Gasteiger partial charge on any atom is -0.466 e. The summed E-state index contributed by atoms with van der Waals surface area (Å²) in [4.78, 5) is 26.7. The van der Waals surface area contributed by atoms with Crippen molar-refractivity contribution in [1.29, 1.82) is 0 Å². The highest BCUT2D eigenvalue weighted by Crippen LogP contribution is 2.01. The summed E-state index contributed by atoms with van der Waals surface area (Å²) in [5, 5.41) is 3.88. The van der Waals surface area contributed by atoms with Gasteiger partial charge in [-0.25, -0.2) is 9.67 Å². The van der Waals surface area contributed by atoms with E-state index in [1.54, 1.807) is 14.0 Å². The third kappa shape index (κ3) is 3.95. The van der Waals surface area contributed by atoms with E-state index in [4.69, 9.17) is 4.74 Å². The highest BCUT2D eigenvalue weighted by molar-refractivity contribution is 6.03. The van der Waals surface area contributed by atoms with Crippen LogP contribution in [0.1, 0.15) is 24.0 Å². The number of Topliss-reactive ketones (excluding diaryl/α,β-unsaturated/α-hetero) is 1. The predicted molar refractivity (Wildman–Crippen MR) is 57.5 cm³/mol. The highest BCUT2D eigenvalue weighted by atomic mass is 16.5. The van der Waals surface area contributed by atoms with E-state index in [2.05, 4.69) is 14.8 Å². The first-order valence-corrected chi connectivity index (χ1v) is 5.24. The fourth-order valence-electron chi connectivity index (χ4n) is 1.24. The molecule has 17 heavy (non-hydrogen) atoms. The maximum Gasteiger partial charge on any atom is 0.313 e. The van der Waals surface area contributed by atoms with Crippen molar-refractivity contribution in [2.45, 2.75) is 19.9 Å². The van der Waals surface area contributed by atoms with Crippen LogP contribution in [0.25, 0.3) is 0 Å². The molecule has 94 valence electrons. The Morgan fingerprint density at radius 2 is 2.24 bits per heavy atom. The Kier molecular flexibility index (Phi) is 5.28. The van der Waals surface area contributed by atoms with Gasteiger partial charge in [-0.05, 0) is 6.92 Å². The summed E-state index contributed by atoms with van der Waals surface area (Å²) < 4.78 is 11.0. The first kappa shape index (κ1) is 13.3. The third-order valence-corrected chi connectivity index (χ3v) is 1.98. The molecular formula is C10H15N3O4. The number of esters is 1. The van der Waals surface area contributed by atoms with Crippen LogP contribution >= 0.6 is 0 Å². The van der Waals surface area contributed by atoms with Gasteiger partial charge in [0.2, 0.25) is 5.78 Å². The van der Waals surface area contributed by atoms with Crippen LogP contribution in [0.4, 0.5) is 0 Å². The van der Waals surface area contributed by atoms with Gasteiger partial charge in [-0.1, -0.05) is 0 Å². The van der Waals surface area contributed by atoms with E-state index in [-0.39, 0.29) is 18.9 Å². The lowest BCUT2D eigenvalue weighted by atomic mass is 10.2. The number of hydrogen-bond donors (Lipinski definition) is 0. The van der Waals surface area contributed by atoms with E-state index in [0.29, 0.717) is 13.2 Å². The van der Waals surface area contributed by atoms with Crippen LogP contribution in [0.3, 0.4) is 0 Å². The number of carbonyl (C=O) groups is 2. The molecule has 7 nitrogen and oxygen atoms in total. The molecule has 0 bridgehead atoms. The van der Waals surface area contributed by atoms with Gasteiger partial charge in [-0.3, -0.25) is 9.59 Å². The Morgan fingerprint density at radius 1 is 1.47 bits per heavy atom. The van der Waals surface area contributed by atoms with Crippen molar-refractivity contribution in [2.24, 2.45) is 0 Å². The monoisotopic (exact) mass is 241 g/mol. The average Bonchev–Trinajstić information content (AvgIpc) is 2.74. The van der Waals surface area contributed by atoms with Crippen LogP contribution in [0.5, 0.6) is 0 Å². The molecule has 0 radical (unpaired) electrons. The molecule has 0 aliphatic heterocycles. The van der Waals surface area contributed by atoms with E-state index in [0.717, 1.165) is 0 Å². The minimum atomic E-state index is -0.557. The zero-order chi connectivity index (χ0) is 12.7. The van der Waals surface area contributed by atoms with Gasteiger partial charge in [-0.15, -0.1) is 0 Å². The second-order valence-electron chi connectivity index (χ2n) is 3.20. The summed E-state index contributed by atoms with van der Waals surface area (Å²) in [7, 11) is 1.55. The maximum atomic E-state index is 11.7. The van der Waals surface area contributed by atoms with Crippen molar-refractivity contribution in [2.75, 3.05) is 20.3 Å². The van der Waals surface area contributed by atoms with Crippen molar-refractivity contribution >= 4 is 11.8 Å². The average molecular weight is 241 g/mol. The summed E-state index contributed by atoms with van der Waals surface area (Å²) in [6.45, 7) is 2.77. The standard InChI is InChI=1S/C10H15N3O4/c1-3-17-9(15)6-8(14)10-11-7-12-13(10)4-5-16-2/h7H,3-6H2,1-2H3. The van der Waals surface area contributed by atoms with Crippen LogP contribution < -0.4 is 0 Å². The van der Waals surface area contributed by atoms with Gasteiger partial charge in [0.05, 0.1) is 19.8 Å². The van der Waals surface area contributed by atoms with Crippen LogP contribution in [0, 0.1) is 0 Å². The van der Waals surface area contributed by atoms with Gasteiger partial charge in [0.15, 0.2) is 5.82 Å². The Bertz CT molecular complexity index is 389. The molecule has 0 saturated carbocycles. The van der Waals surface area contributed by atoms with Gasteiger partial charge in [0, 0.05) is 7.11 Å². The smallest absolute Gasteiger partial charge is 0.313 e. The zero-order valence-corrected chi connectivity index (χ0v) is 9.88. The van der Waals surface area contributed by atoms with Crippen molar-refractivity contribution in [1.82, 2.24) is 14.8 Å². The van der Waals surface area contributed by atoms with E-state index in [9.17, 15) is 9.59 Å². The molecule has 7 heteroatoms. The molecule has 1 heterocycles. The summed E-state index contributed by atoms with van der Waals surface area (Å²) in [6.07, 6.45) is 0.952. The van der Waals surface area contributed by atoms with Crippen LogP contribution in [0.2, 0.25) is 0 Å². The van der Waals surface area contributed by atoms with Gasteiger partial charge in [0.1, 0.15) is 12.7 Å². The molecule has 0 aliphatic rings. The normalized spacial score (nSPS) is 10.2. The van der Waals surface area contributed by atoms with Gasteiger partial charge in [-0.2, -0.15) is 5.10 Å². The number of methoxy groups -OCH3 is 1. The SMILES string of the molecule is CCOC(=O)CC(=O)c1ncnn1CCOC. The fourth-order valence-corrected chi connectivity index (χ4v) is 1.24. The molecule has 0 spiro atoms. The lowest BCUT2D eigenvalue weighted by molar-refractivity contribution is -0.141. The number of nitrogens with zero attached hydrogens (tertiary/aromatic N) is 3. The lowest BCUT2D eigenvalue weighted by Crippen LogP contribution is -2.18. The molecule has 0 amide bonds. The third-order valence-electron chi connectivity index (χ3n) is 1.98. The first-order chi connectivity index (χ1) is 8.19. The summed E-state index contributed by atoms with van der Waals surface area (Å²) in [6, 6.07) is 0. The van der Waals surface area contributed by atoms with E-state index >= 15 is 0 Å². The van der Waals surface area contributed by atoms with Gasteiger partial charge >= 0.3 is 5.97 Å². The Hall–Kier alpha value is -1.76. The van der Waals surface area contributed by atoms with Crippen LogP contribution in [-0.4, -0.2) is 46.8 Å². The molecule has 0 saturated heterocycles. The molecule has 1 rings (SSSR count). The minimum absolute atomic E-state index is 0.148. The molecule has 0 aromatic carbocycles. The van der Waals surface area contributed by atoms with E-state index < -0.39 is 11.8 Å². The molecular weight excluding hydrogens is 226 g/mol. The Labute approximate surface area is 98.7 Å². The van der Waals surface area contributed by atoms with Gasteiger partial charge < -0.3 is 9.47 Å². The number of hydrogen-bond acceptors (Lipinski definition) is 6. The number of ketones is 1. The van der Waals surface area contributed by atoms with Gasteiger partial charge in [0.25, 0.3) is 0 Å². The highest BCUT2D eigenvalue weighted by Gasteiger charge is 2.18. The molecule has 0 aliphatic carbocycles. The predicted octanol–water partition coefficient (Wildman–Crippen LogP) is 0.0604. The number of carbonyl (C=O) groups excluding carboxylic acids is 2. The Balaban J connectivity index is 2.62. The molecule has 0 N–H and O–H groups in total. The quantitative estimate of drug-likeness (QED) is 0.381. The van der Waals surface area contributed by atoms with Crippen molar-refractivity contribution < 1.29 is 19.1 Å². The summed E-state index contributed by atoms with van der Waals surface area (Å²) >= 11 is 0. The molecule has 1 aromatic heterocycles. The maximum absolute atomic E-state index is 11.7. The van der Waals surface area contributed by atoms with Crippen LogP contribution in [-0.2, 0) is 20.8 Å². The molecule has 0 unspecified atom stereocenters. The van der Waals surface area contributed by atoms with Crippen LogP contribution in [0.15, 0.2) is 6.33 Å². The van der Waals surface area contributed by atoms with Crippen molar-refractivity contribution in [3.63, 3.8) is 0 Å². The lowest BCUT2D eigenvalue weighted by Gasteiger charge is -2.04. The van der Waals surface area contributed by atoms with Crippen molar-refractivity contribution in [3.8, 4) is 0 Å². The fraction of sp³-hybridized carbons (Fsp3) is 0.600. The second kappa shape index (κ2) is 6.74. The van der Waals surface area contributed by atoms with Crippen molar-refractivity contribution in [3.05, 3.63) is 12.2 Å². The Morgan fingerprint density at radius 3 is 2.88 bits per heavy atom. The first-order valence-electron chi connectivity index (χ1n) is 5.24. The second-order valence-corrected chi connectivity index (χ2v) is 3.20. The molecule has 1 aromatic rings. The molecule has 0 atom stereocenters. The number of ether oxygens (including phenoxy) is 2. The number of rotatable bonds is 7. The molecule has 0 fully saturated rings. The zero-order valence-electron chi connectivity index (χ0n) is 9.88. The van der Waals surface area contributed by atoms with E-state index in [1.807, 2.05) is 0 Å². The largest absolute Gasteiger partial charge is 0.466 e. The number of aromatic nitrogens is 3. The summed E-state index contributed by atoms with van der Waals surface area (Å²) in [5.41, 5.74) is 0. The topological polar surface area (TPSA) is 83.3 Å². The summed E-state index contributed by atoms with van der Waals surface area (Å²) in [5.74, 6) is -0.814. The van der Waals surface area contributed by atoms with E-state index in [1.165, 1.54) is 11.0 Å².